The van der Waals surface area contributed by atoms with Crippen LogP contribution in [-0.2, 0) is 14.3 Å². The van der Waals surface area contributed by atoms with Gasteiger partial charge in [-0.2, -0.15) is 0 Å². The number of hydrogen-bond donors (Lipinski definition) is 4. The quantitative estimate of drug-likeness (QED) is 0.365. The Bertz CT molecular complexity index is 1100. The van der Waals surface area contributed by atoms with Gasteiger partial charge in [0.25, 0.3) is 0 Å². The van der Waals surface area contributed by atoms with Gasteiger partial charge in [0.05, 0.1) is 24.4 Å². The van der Waals surface area contributed by atoms with E-state index in [0.717, 1.165) is 0 Å². The summed E-state index contributed by atoms with van der Waals surface area (Å²) in [5, 5.41) is 46.6. The highest BCUT2D eigenvalue weighted by Gasteiger charge is 2.74. The van der Waals surface area contributed by atoms with Gasteiger partial charge >= 0.3 is 5.97 Å². The Labute approximate surface area is 204 Å². The highest BCUT2D eigenvalue weighted by atomic mass is 16.6. The van der Waals surface area contributed by atoms with Crippen molar-refractivity contribution < 1.29 is 39.5 Å². The lowest BCUT2D eigenvalue weighted by Gasteiger charge is -2.65. The summed E-state index contributed by atoms with van der Waals surface area (Å²) in [7, 11) is 0. The summed E-state index contributed by atoms with van der Waals surface area (Å²) >= 11 is 0. The van der Waals surface area contributed by atoms with Crippen LogP contribution in [0.15, 0.2) is 41.5 Å². The topological polar surface area (TPSA) is 134 Å². The molecule has 190 valence electrons. The summed E-state index contributed by atoms with van der Waals surface area (Å²) in [5.41, 5.74) is -5.09. The molecule has 8 nitrogen and oxygen atoms in total. The molecule has 7 unspecified atom stereocenters. The van der Waals surface area contributed by atoms with E-state index in [9.17, 15) is 30.0 Å². The van der Waals surface area contributed by atoms with E-state index in [0.29, 0.717) is 12.0 Å². The molecule has 4 N–H and O–H groups in total. The number of aliphatic hydroxyl groups excluding tert-OH is 2. The van der Waals surface area contributed by atoms with Crippen molar-refractivity contribution in [2.45, 2.75) is 82.6 Å². The molecular formula is C27H34O8. The maximum atomic E-state index is 14.0. The summed E-state index contributed by atoms with van der Waals surface area (Å²) in [6.07, 6.45) is -4.20. The average Bonchev–Trinajstić information content (AvgIpc) is 2.80. The number of Topliss-reactive ketones (excluding diaryl/α,β-unsaturated/α-hetero) is 1. The van der Waals surface area contributed by atoms with Crippen molar-refractivity contribution in [3.63, 3.8) is 0 Å². The van der Waals surface area contributed by atoms with Crippen LogP contribution in [-0.4, -0.2) is 74.4 Å². The van der Waals surface area contributed by atoms with Crippen LogP contribution in [0.5, 0.6) is 0 Å². The summed E-state index contributed by atoms with van der Waals surface area (Å²) in [4.78, 5) is 27.3. The molecule has 0 spiro atoms. The van der Waals surface area contributed by atoms with Crippen molar-refractivity contribution >= 4 is 11.8 Å². The Balaban J connectivity index is 1.75. The molecule has 0 radical (unpaired) electrons. The summed E-state index contributed by atoms with van der Waals surface area (Å²) in [6, 6.07) is 8.32. The van der Waals surface area contributed by atoms with Crippen molar-refractivity contribution in [2.75, 3.05) is 6.61 Å². The minimum Gasteiger partial charge on any atom is -0.455 e. The number of fused-ring (bicyclic) bond motifs is 5. The van der Waals surface area contributed by atoms with Gasteiger partial charge in [0.2, 0.25) is 0 Å². The number of hydrogen-bond acceptors (Lipinski definition) is 8. The first-order valence-electron chi connectivity index (χ1n) is 12.2. The SMILES string of the molecule is CC1=C2C(O)C(=O)[C@]3(C)CCC4OCC4(O)C3C(OC(=O)c3ccccc3)C(O)(CC1O)C2(C)C. The smallest absolute Gasteiger partial charge is 0.338 e. The van der Waals surface area contributed by atoms with E-state index in [1.807, 2.05) is 0 Å². The Morgan fingerprint density at radius 3 is 2.37 bits per heavy atom. The minimum atomic E-state index is -1.90. The molecule has 3 aliphatic carbocycles. The molecular weight excluding hydrogens is 452 g/mol. The maximum absolute atomic E-state index is 14.0. The molecule has 1 aliphatic heterocycles. The average molecular weight is 487 g/mol. The van der Waals surface area contributed by atoms with Gasteiger partial charge in [-0.3, -0.25) is 4.79 Å². The molecule has 2 saturated carbocycles. The van der Waals surface area contributed by atoms with Crippen LogP contribution in [0.4, 0.5) is 0 Å². The number of carbonyl (C=O) groups excluding carboxylic acids is 2. The van der Waals surface area contributed by atoms with Gasteiger partial charge in [0.15, 0.2) is 5.78 Å². The van der Waals surface area contributed by atoms with E-state index in [2.05, 4.69) is 0 Å². The Kier molecular flexibility index (Phi) is 5.41. The maximum Gasteiger partial charge on any atom is 0.338 e. The fraction of sp³-hybridized carbons (Fsp3) is 0.630. The van der Waals surface area contributed by atoms with Crippen LogP contribution in [0.1, 0.15) is 57.3 Å². The van der Waals surface area contributed by atoms with Crippen molar-refractivity contribution in [1.82, 2.24) is 0 Å². The first-order valence-corrected chi connectivity index (χ1v) is 12.2. The first-order chi connectivity index (χ1) is 16.3. The number of benzene rings is 1. The molecule has 0 amide bonds. The molecule has 2 bridgehead atoms. The van der Waals surface area contributed by atoms with Crippen LogP contribution >= 0.6 is 0 Å². The lowest BCUT2D eigenvalue weighted by Crippen LogP contribution is -2.78. The monoisotopic (exact) mass is 486 g/mol. The van der Waals surface area contributed by atoms with E-state index >= 15 is 0 Å². The number of esters is 1. The van der Waals surface area contributed by atoms with Crippen LogP contribution in [0.3, 0.4) is 0 Å². The third kappa shape index (κ3) is 3.10. The second kappa shape index (κ2) is 7.70. The van der Waals surface area contributed by atoms with Gasteiger partial charge < -0.3 is 29.9 Å². The van der Waals surface area contributed by atoms with Gasteiger partial charge in [-0.25, -0.2) is 4.79 Å². The fourth-order valence-corrected chi connectivity index (χ4v) is 7.29. The van der Waals surface area contributed by atoms with Gasteiger partial charge in [-0.1, -0.05) is 39.0 Å². The third-order valence-electron chi connectivity index (χ3n) is 9.51. The van der Waals surface area contributed by atoms with Crippen molar-refractivity contribution in [2.24, 2.45) is 16.7 Å². The van der Waals surface area contributed by atoms with Crippen LogP contribution in [0.2, 0.25) is 0 Å². The standard InChI is InChI=1S/C27H34O8/c1-14-16(28)12-27(33)22(35-23(31)15-8-6-5-7-9-15)20-25(4,11-10-17-26(20,32)13-34-17)21(30)19(29)18(14)24(27,2)3/h5-9,16-17,19-20,22,28-29,32-33H,10-13H2,1-4H3/t16?,17?,19?,20?,22?,25-,26?,27?/m1/s1. The zero-order chi connectivity index (χ0) is 25.6. The second-order valence-electron chi connectivity index (χ2n) is 11.5. The van der Waals surface area contributed by atoms with E-state index < -0.39 is 64.1 Å². The number of carbonyl (C=O) groups is 2. The molecule has 1 aromatic rings. The minimum absolute atomic E-state index is 0.0819. The largest absolute Gasteiger partial charge is 0.455 e. The van der Waals surface area contributed by atoms with Crippen molar-refractivity contribution in [3.8, 4) is 0 Å². The summed E-state index contributed by atoms with van der Waals surface area (Å²) < 4.78 is 11.7. The first kappa shape index (κ1) is 24.6. The number of ketones is 1. The lowest BCUT2D eigenvalue weighted by atomic mass is 9.45. The molecule has 8 atom stereocenters. The van der Waals surface area contributed by atoms with E-state index in [1.54, 1.807) is 58.0 Å². The van der Waals surface area contributed by atoms with Gasteiger partial charge in [0, 0.05) is 23.2 Å². The highest BCUT2D eigenvalue weighted by molar-refractivity contribution is 5.93. The normalized spacial score (nSPS) is 44.3. The Morgan fingerprint density at radius 2 is 1.77 bits per heavy atom. The van der Waals surface area contributed by atoms with Crippen molar-refractivity contribution in [3.05, 3.63) is 47.0 Å². The molecule has 5 rings (SSSR count). The van der Waals surface area contributed by atoms with E-state index in [-0.39, 0.29) is 30.6 Å². The van der Waals surface area contributed by atoms with Gasteiger partial charge in [-0.15, -0.1) is 0 Å². The van der Waals surface area contributed by atoms with E-state index in [1.165, 1.54) is 0 Å². The third-order valence-corrected chi connectivity index (χ3v) is 9.51. The zero-order valence-electron chi connectivity index (χ0n) is 20.5. The second-order valence-corrected chi connectivity index (χ2v) is 11.5. The molecule has 1 saturated heterocycles. The molecule has 0 aromatic heterocycles. The van der Waals surface area contributed by atoms with Crippen LogP contribution in [0, 0.1) is 16.7 Å². The lowest BCUT2D eigenvalue weighted by molar-refractivity contribution is -0.329. The zero-order valence-corrected chi connectivity index (χ0v) is 20.5. The molecule has 35 heavy (non-hydrogen) atoms. The van der Waals surface area contributed by atoms with E-state index in [4.69, 9.17) is 9.47 Å². The summed E-state index contributed by atoms with van der Waals surface area (Å²) in [5.74, 6) is -2.28. The number of aliphatic hydroxyl groups is 4. The predicted molar refractivity (Wildman–Crippen MR) is 124 cm³/mol. The van der Waals surface area contributed by atoms with Crippen LogP contribution in [0.25, 0.3) is 0 Å². The van der Waals surface area contributed by atoms with Crippen LogP contribution < -0.4 is 0 Å². The Morgan fingerprint density at radius 1 is 1.11 bits per heavy atom. The Hall–Kier alpha value is -2.10. The van der Waals surface area contributed by atoms with Gasteiger partial charge in [0.1, 0.15) is 23.4 Å². The molecule has 1 aromatic carbocycles. The van der Waals surface area contributed by atoms with Crippen molar-refractivity contribution in [1.29, 1.82) is 0 Å². The molecule has 8 heteroatoms. The molecule has 1 heterocycles. The summed E-state index contributed by atoms with van der Waals surface area (Å²) in [6.45, 7) is 6.60. The van der Waals surface area contributed by atoms with Gasteiger partial charge in [-0.05, 0) is 43.0 Å². The predicted octanol–water partition coefficient (Wildman–Crippen LogP) is 1.54. The highest BCUT2D eigenvalue weighted by Crippen LogP contribution is 2.62. The number of rotatable bonds is 2. The molecule has 3 fully saturated rings. The fourth-order valence-electron chi connectivity index (χ4n) is 7.29. The molecule has 4 aliphatic rings. The number of ether oxygens (including phenoxy) is 2.